The van der Waals surface area contributed by atoms with E-state index in [4.69, 9.17) is 0 Å². The van der Waals surface area contributed by atoms with Crippen molar-refractivity contribution in [2.24, 2.45) is 11.8 Å². The van der Waals surface area contributed by atoms with E-state index >= 15 is 0 Å². The molecule has 2 aromatic rings. The van der Waals surface area contributed by atoms with E-state index in [1.807, 2.05) is 6.07 Å². The largest absolute Gasteiger partial charge is 0.345 e. The van der Waals surface area contributed by atoms with Crippen LogP contribution in [-0.2, 0) is 16.0 Å². The van der Waals surface area contributed by atoms with Crippen LogP contribution in [0.25, 0.3) is 0 Å². The molecule has 0 saturated carbocycles. The van der Waals surface area contributed by atoms with Crippen molar-refractivity contribution in [3.8, 4) is 0 Å². The number of benzene rings is 2. The summed E-state index contributed by atoms with van der Waals surface area (Å²) in [4.78, 5) is 30.7. The summed E-state index contributed by atoms with van der Waals surface area (Å²) in [5, 5.41) is 0. The normalized spacial score (nSPS) is 19.6. The molecule has 2 aliphatic rings. The van der Waals surface area contributed by atoms with Crippen molar-refractivity contribution in [2.45, 2.75) is 32.1 Å². The van der Waals surface area contributed by atoms with Crippen LogP contribution in [0.15, 0.2) is 48.5 Å². The van der Waals surface area contributed by atoms with Gasteiger partial charge in [-0.15, -0.1) is 0 Å². The average Bonchev–Trinajstić information content (AvgIpc) is 3.18. The Hall–Kier alpha value is -2.80. The first-order valence-corrected chi connectivity index (χ1v) is 12.2. The molecule has 2 heterocycles. The maximum Gasteiger partial charge on any atom is 0.232 e. The molecule has 5 nitrogen and oxygen atoms in total. The standard InChI is InChI=1S/C27H33F2N3O2/c1-30-19-22(17-26(30)33)27(34)32(23-8-9-24(28)25(29)18-23)13-5-12-31-14-10-21(11-15-31)16-20-6-3-2-4-7-20/h2-4,6-9,18,21-22H,5,10-17,19H2,1H3. The van der Waals surface area contributed by atoms with Gasteiger partial charge in [-0.05, 0) is 68.9 Å². The van der Waals surface area contributed by atoms with E-state index in [-0.39, 0.29) is 18.2 Å². The van der Waals surface area contributed by atoms with E-state index in [9.17, 15) is 18.4 Å². The van der Waals surface area contributed by atoms with Gasteiger partial charge in [-0.3, -0.25) is 9.59 Å². The molecule has 2 amide bonds. The summed E-state index contributed by atoms with van der Waals surface area (Å²) in [5.41, 5.74) is 1.73. The molecule has 0 bridgehead atoms. The number of carbonyl (C=O) groups is 2. The van der Waals surface area contributed by atoms with Gasteiger partial charge in [0.05, 0.1) is 5.92 Å². The lowest BCUT2D eigenvalue weighted by molar-refractivity contribution is -0.127. The molecule has 2 fully saturated rings. The monoisotopic (exact) mass is 469 g/mol. The Balaban J connectivity index is 1.32. The number of rotatable bonds is 8. The minimum atomic E-state index is -0.976. The molecule has 1 unspecified atom stereocenters. The molecule has 1 atom stereocenters. The molecule has 0 radical (unpaired) electrons. The summed E-state index contributed by atoms with van der Waals surface area (Å²) in [6, 6.07) is 14.2. The fourth-order valence-electron chi connectivity index (χ4n) is 5.08. The van der Waals surface area contributed by atoms with Crippen LogP contribution >= 0.6 is 0 Å². The van der Waals surface area contributed by atoms with Crippen molar-refractivity contribution < 1.29 is 18.4 Å². The number of hydrogen-bond acceptors (Lipinski definition) is 3. The molecule has 2 aromatic carbocycles. The molecule has 7 heteroatoms. The van der Waals surface area contributed by atoms with Gasteiger partial charge in [-0.2, -0.15) is 0 Å². The maximum absolute atomic E-state index is 13.9. The zero-order valence-corrected chi connectivity index (χ0v) is 19.8. The number of carbonyl (C=O) groups excluding carboxylic acids is 2. The molecule has 2 saturated heterocycles. The highest BCUT2D eigenvalue weighted by atomic mass is 19.2. The van der Waals surface area contributed by atoms with Gasteiger partial charge in [0.25, 0.3) is 0 Å². The van der Waals surface area contributed by atoms with Crippen LogP contribution in [0, 0.1) is 23.5 Å². The topological polar surface area (TPSA) is 43.9 Å². The lowest BCUT2D eigenvalue weighted by Crippen LogP contribution is -2.40. The van der Waals surface area contributed by atoms with Crippen LogP contribution in [0.4, 0.5) is 14.5 Å². The predicted octanol–water partition coefficient (Wildman–Crippen LogP) is 4.12. The van der Waals surface area contributed by atoms with Crippen molar-refractivity contribution in [3.05, 3.63) is 65.7 Å². The fraction of sp³-hybridized carbons (Fsp3) is 0.481. The summed E-state index contributed by atoms with van der Waals surface area (Å²) in [6.07, 6.45) is 4.30. The molecule has 2 aliphatic heterocycles. The first-order chi connectivity index (χ1) is 16.4. The third-order valence-corrected chi connectivity index (χ3v) is 7.10. The highest BCUT2D eigenvalue weighted by molar-refractivity contribution is 5.99. The zero-order chi connectivity index (χ0) is 24.1. The lowest BCUT2D eigenvalue weighted by atomic mass is 9.90. The highest BCUT2D eigenvalue weighted by Gasteiger charge is 2.35. The molecule has 182 valence electrons. The Morgan fingerprint density at radius 2 is 1.79 bits per heavy atom. The van der Waals surface area contributed by atoms with Crippen molar-refractivity contribution in [1.82, 2.24) is 9.80 Å². The van der Waals surface area contributed by atoms with E-state index < -0.39 is 17.6 Å². The summed E-state index contributed by atoms with van der Waals surface area (Å²) < 4.78 is 27.4. The van der Waals surface area contributed by atoms with Crippen molar-refractivity contribution >= 4 is 17.5 Å². The van der Waals surface area contributed by atoms with Gasteiger partial charge in [-0.25, -0.2) is 8.78 Å². The van der Waals surface area contributed by atoms with Gasteiger partial charge >= 0.3 is 0 Å². The van der Waals surface area contributed by atoms with Gasteiger partial charge in [0.2, 0.25) is 11.8 Å². The third kappa shape index (κ3) is 6.00. The van der Waals surface area contributed by atoms with Gasteiger partial charge in [0.15, 0.2) is 11.6 Å². The number of nitrogens with zero attached hydrogens (tertiary/aromatic N) is 3. The van der Waals surface area contributed by atoms with E-state index in [0.29, 0.717) is 24.7 Å². The van der Waals surface area contributed by atoms with E-state index in [0.717, 1.165) is 57.5 Å². The van der Waals surface area contributed by atoms with Crippen molar-refractivity contribution in [2.75, 3.05) is 44.7 Å². The van der Waals surface area contributed by atoms with Crippen LogP contribution in [-0.4, -0.2) is 61.4 Å². The number of likely N-dealkylation sites (tertiary alicyclic amines) is 2. The predicted molar refractivity (Wildman–Crippen MR) is 128 cm³/mol. The second kappa shape index (κ2) is 11.1. The number of amides is 2. The smallest absolute Gasteiger partial charge is 0.232 e. The van der Waals surface area contributed by atoms with Crippen LogP contribution in [0.5, 0.6) is 0 Å². The average molecular weight is 470 g/mol. The number of piperidine rings is 1. The van der Waals surface area contributed by atoms with Crippen LogP contribution < -0.4 is 4.90 Å². The highest BCUT2D eigenvalue weighted by Crippen LogP contribution is 2.26. The maximum atomic E-state index is 13.9. The summed E-state index contributed by atoms with van der Waals surface area (Å²) in [7, 11) is 1.68. The molecule has 0 N–H and O–H groups in total. The summed E-state index contributed by atoms with van der Waals surface area (Å²) in [6.45, 7) is 3.65. The molecule has 34 heavy (non-hydrogen) atoms. The number of halogens is 2. The molecule has 0 aliphatic carbocycles. The van der Waals surface area contributed by atoms with Gasteiger partial charge in [-0.1, -0.05) is 30.3 Å². The fourth-order valence-corrected chi connectivity index (χ4v) is 5.08. The Bertz CT molecular complexity index is 993. The Morgan fingerprint density at radius 3 is 2.44 bits per heavy atom. The molecular weight excluding hydrogens is 436 g/mol. The number of anilines is 1. The Morgan fingerprint density at radius 1 is 1.06 bits per heavy atom. The first-order valence-electron chi connectivity index (χ1n) is 12.2. The molecule has 0 aromatic heterocycles. The van der Waals surface area contributed by atoms with Gasteiger partial charge < -0.3 is 14.7 Å². The van der Waals surface area contributed by atoms with Crippen molar-refractivity contribution in [1.29, 1.82) is 0 Å². The minimum Gasteiger partial charge on any atom is -0.345 e. The van der Waals surface area contributed by atoms with Crippen molar-refractivity contribution in [3.63, 3.8) is 0 Å². The Kier molecular flexibility index (Phi) is 7.93. The minimum absolute atomic E-state index is 0.0676. The van der Waals surface area contributed by atoms with E-state index in [1.54, 1.807) is 11.9 Å². The van der Waals surface area contributed by atoms with Crippen LogP contribution in [0.2, 0.25) is 0 Å². The zero-order valence-electron chi connectivity index (χ0n) is 19.8. The van der Waals surface area contributed by atoms with Crippen LogP contribution in [0.3, 0.4) is 0 Å². The molecule has 4 rings (SSSR count). The van der Waals surface area contributed by atoms with Gasteiger partial charge in [0.1, 0.15) is 0 Å². The second-order valence-electron chi connectivity index (χ2n) is 9.59. The van der Waals surface area contributed by atoms with Gasteiger partial charge in [0, 0.05) is 38.3 Å². The molecular formula is C27H33F2N3O2. The summed E-state index contributed by atoms with van der Waals surface area (Å²) >= 11 is 0. The number of hydrogen-bond donors (Lipinski definition) is 0. The van der Waals surface area contributed by atoms with E-state index in [2.05, 4.69) is 29.2 Å². The molecule has 0 spiro atoms. The summed E-state index contributed by atoms with van der Waals surface area (Å²) in [5.74, 6) is -1.96. The van der Waals surface area contributed by atoms with E-state index in [1.165, 1.54) is 16.5 Å². The second-order valence-corrected chi connectivity index (χ2v) is 9.59. The Labute approximate surface area is 200 Å². The third-order valence-electron chi connectivity index (χ3n) is 7.10. The SMILES string of the molecule is CN1CC(C(=O)N(CCCN2CCC(Cc3ccccc3)CC2)c2ccc(F)c(F)c2)CC1=O. The first kappa shape index (κ1) is 24.3. The quantitative estimate of drug-likeness (QED) is 0.584. The lowest BCUT2D eigenvalue weighted by Gasteiger charge is -2.33. The van der Waals surface area contributed by atoms with Crippen LogP contribution in [0.1, 0.15) is 31.2 Å².